The fraction of sp³-hybridized carbons (Fsp3) is 0.796. The van der Waals surface area contributed by atoms with Crippen molar-refractivity contribution < 1.29 is 72.9 Å². The Bertz CT molecular complexity index is 1590. The summed E-state index contributed by atoms with van der Waals surface area (Å²) in [6.45, 7) is 12.3. The van der Waals surface area contributed by atoms with Crippen molar-refractivity contribution in [3.05, 3.63) is 23.8 Å². The normalized spacial score (nSPS) is 33.1. The van der Waals surface area contributed by atoms with Gasteiger partial charge in [0.15, 0.2) is 17.5 Å². The third kappa shape index (κ3) is 16.2. The van der Waals surface area contributed by atoms with E-state index in [-0.39, 0.29) is 17.9 Å². The van der Waals surface area contributed by atoms with Crippen LogP contribution in [0, 0.1) is 29.6 Å². The lowest BCUT2D eigenvalue weighted by atomic mass is 9.76. The average molecular weight is 909 g/mol. The number of esters is 3. The Morgan fingerprint density at radius 1 is 0.938 bits per heavy atom. The number of aliphatic hydroxyl groups excluding tert-OH is 3. The molecule has 13 atom stereocenters. The number of epoxide rings is 1. The number of carbonyl (C=O) groups excluding carboxylic acids is 6. The fourth-order valence-electron chi connectivity index (χ4n) is 8.87. The summed E-state index contributed by atoms with van der Waals surface area (Å²) >= 11 is 0. The fourth-order valence-corrected chi connectivity index (χ4v) is 8.87. The number of allylic oxidation sites excluding steroid dienone is 2. The minimum Gasteiger partial charge on any atom is -0.463 e. The van der Waals surface area contributed by atoms with Crippen LogP contribution in [0.5, 0.6) is 0 Å². The number of ether oxygens (including phenoxy) is 5. The lowest BCUT2D eigenvalue weighted by Crippen LogP contribution is -2.60. The maximum absolute atomic E-state index is 14.8. The van der Waals surface area contributed by atoms with E-state index in [0.717, 1.165) is 39.7 Å². The van der Waals surface area contributed by atoms with Crippen molar-refractivity contribution in [3.63, 3.8) is 0 Å². The van der Waals surface area contributed by atoms with Gasteiger partial charge in [0.25, 0.3) is 0 Å². The molecule has 0 aromatic heterocycles. The Kier molecular flexibility index (Phi) is 24.3. The number of carbonyl (C=O) groups is 6. The summed E-state index contributed by atoms with van der Waals surface area (Å²) in [6.07, 6.45) is 7.64. The minimum absolute atomic E-state index is 0.0423. The van der Waals surface area contributed by atoms with Crippen LogP contribution in [0.15, 0.2) is 23.8 Å². The number of cyclic esters (lactones) is 1. The molecule has 0 radical (unpaired) electrons. The molecule has 0 aliphatic carbocycles. The Balaban J connectivity index is 2.50. The predicted molar refractivity (Wildman–Crippen MR) is 239 cm³/mol. The molecule has 15 heteroatoms. The van der Waals surface area contributed by atoms with Crippen molar-refractivity contribution in [2.45, 2.75) is 200 Å². The second-order valence-corrected chi connectivity index (χ2v) is 18.4. The van der Waals surface area contributed by atoms with Gasteiger partial charge >= 0.3 is 17.9 Å². The van der Waals surface area contributed by atoms with Gasteiger partial charge in [-0.2, -0.15) is 0 Å². The molecule has 0 amide bonds. The van der Waals surface area contributed by atoms with E-state index in [4.69, 9.17) is 23.7 Å². The van der Waals surface area contributed by atoms with Crippen LogP contribution in [0.25, 0.3) is 0 Å². The number of rotatable bonds is 21. The smallest absolute Gasteiger partial charge is 0.337 e. The Morgan fingerprint density at radius 3 is 2.03 bits per heavy atom. The molecule has 0 saturated carbocycles. The first-order valence-electron chi connectivity index (χ1n) is 23.5. The number of Topliss-reactive ketones (excluding diaryl/α,β-unsaturated/α-hetero) is 3. The number of hydrogen-bond acceptors (Lipinski definition) is 15. The zero-order valence-corrected chi connectivity index (χ0v) is 40.2. The summed E-state index contributed by atoms with van der Waals surface area (Å²) in [4.78, 5) is 81.3. The van der Waals surface area contributed by atoms with Crippen molar-refractivity contribution in [1.29, 1.82) is 0 Å². The SMILES string of the molecule is C/C=C\[C@H](C)[C@H]1O[C@]1(C)[C@@H](O)[C@H]1COC(=O)[C@H](O)[C@@H](OC)[C@H](C)C(=O)[C@H](C)[C@@H](OC(C)=O)/C(C)=C/[C@H](C)C(=O)C[C@H](O)[C@](O)(COC(=O)CCCCCCCCCCCCCC)C1=O. The lowest BCUT2D eigenvalue weighted by Gasteiger charge is -2.36. The molecule has 0 aromatic rings. The molecule has 2 aliphatic heterocycles. The summed E-state index contributed by atoms with van der Waals surface area (Å²) in [5.74, 6) is -10.8. The number of ketones is 3. The van der Waals surface area contributed by atoms with E-state index in [1.807, 2.05) is 13.0 Å². The third-order valence-corrected chi connectivity index (χ3v) is 13.1. The third-order valence-electron chi connectivity index (χ3n) is 13.1. The average Bonchev–Trinajstić information content (AvgIpc) is 3.96. The predicted octanol–water partition coefficient (Wildman–Crippen LogP) is 5.88. The van der Waals surface area contributed by atoms with Gasteiger partial charge in [0, 0.05) is 44.6 Å². The molecule has 0 aromatic carbocycles. The van der Waals surface area contributed by atoms with Crippen molar-refractivity contribution in [2.75, 3.05) is 20.3 Å². The second kappa shape index (κ2) is 27.3. The number of aliphatic hydroxyl groups is 4. The molecular weight excluding hydrogens is 829 g/mol. The Morgan fingerprint density at radius 2 is 1.50 bits per heavy atom. The Hall–Kier alpha value is -3.34. The van der Waals surface area contributed by atoms with E-state index in [1.165, 1.54) is 85.6 Å². The zero-order chi connectivity index (χ0) is 48.4. The van der Waals surface area contributed by atoms with Crippen LogP contribution in [-0.2, 0) is 52.5 Å². The number of methoxy groups -OCH3 is 1. The molecule has 366 valence electrons. The summed E-state index contributed by atoms with van der Waals surface area (Å²) in [5.41, 5.74) is -4.17. The highest BCUT2D eigenvalue weighted by Gasteiger charge is 2.63. The van der Waals surface area contributed by atoms with Crippen molar-refractivity contribution in [1.82, 2.24) is 0 Å². The zero-order valence-electron chi connectivity index (χ0n) is 40.2. The van der Waals surface area contributed by atoms with Crippen molar-refractivity contribution in [2.24, 2.45) is 29.6 Å². The quantitative estimate of drug-likeness (QED) is 0.0347. The first-order valence-corrected chi connectivity index (χ1v) is 23.5. The molecule has 2 rings (SSSR count). The highest BCUT2D eigenvalue weighted by molar-refractivity contribution is 5.93. The minimum atomic E-state index is -3.02. The topological polar surface area (TPSA) is 233 Å². The molecule has 15 nitrogen and oxygen atoms in total. The van der Waals surface area contributed by atoms with Gasteiger partial charge in [-0.15, -0.1) is 0 Å². The van der Waals surface area contributed by atoms with Crippen LogP contribution >= 0.6 is 0 Å². The molecule has 1 saturated heterocycles. The van der Waals surface area contributed by atoms with E-state index < -0.39 is 126 Å². The number of hydrogen-bond donors (Lipinski definition) is 4. The van der Waals surface area contributed by atoms with Gasteiger partial charge in [0.05, 0.1) is 24.0 Å². The Labute approximate surface area is 381 Å². The van der Waals surface area contributed by atoms with Crippen LogP contribution in [0.1, 0.15) is 152 Å². The van der Waals surface area contributed by atoms with E-state index in [0.29, 0.717) is 6.42 Å². The maximum atomic E-state index is 14.8. The van der Waals surface area contributed by atoms with E-state index >= 15 is 0 Å². The van der Waals surface area contributed by atoms with Gasteiger partial charge in [0.1, 0.15) is 48.7 Å². The second-order valence-electron chi connectivity index (χ2n) is 18.4. The molecule has 4 N–H and O–H groups in total. The van der Waals surface area contributed by atoms with E-state index in [1.54, 1.807) is 13.0 Å². The van der Waals surface area contributed by atoms with Gasteiger partial charge in [0.2, 0.25) is 0 Å². The number of unbranched alkanes of at least 4 members (excludes halogenated alkanes) is 11. The van der Waals surface area contributed by atoms with Crippen LogP contribution in [0.4, 0.5) is 0 Å². The maximum Gasteiger partial charge on any atom is 0.337 e. The lowest BCUT2D eigenvalue weighted by molar-refractivity contribution is -0.181. The monoisotopic (exact) mass is 909 g/mol. The van der Waals surface area contributed by atoms with Gasteiger partial charge in [-0.25, -0.2) is 4.79 Å². The standard InChI is InChI=1S/C49H80O15/c1-11-13-14-15-16-17-18-19-20-21-22-23-25-39(53)62-29-49(59)38(52)27-37(51)31(4)26-32(5)42(63-35(8)50)33(6)40(54)34(7)43(60-10)41(55)47(58)61-28-36(45(49)57)44(56)48(9)46(64-48)30(3)24-12-2/h12,24,26,30-31,33-34,36,38,41-44,46,52,55-56,59H,11,13-23,25,27-29H2,1-10H3/b24-12-,32-26+/t30-,31-,33-,34+,36+,38-,41+,42-,43-,44-,46+,48+,49+/m0/s1. The first-order chi connectivity index (χ1) is 30.1. The van der Waals surface area contributed by atoms with Gasteiger partial charge in [-0.3, -0.25) is 24.0 Å². The molecule has 1 fully saturated rings. The van der Waals surface area contributed by atoms with Gasteiger partial charge in [-0.1, -0.05) is 123 Å². The van der Waals surface area contributed by atoms with E-state index in [9.17, 15) is 49.2 Å². The largest absolute Gasteiger partial charge is 0.463 e. The van der Waals surface area contributed by atoms with Gasteiger partial charge in [-0.05, 0) is 32.8 Å². The highest BCUT2D eigenvalue weighted by atomic mass is 16.6. The molecule has 2 heterocycles. The van der Waals surface area contributed by atoms with Crippen molar-refractivity contribution >= 4 is 35.3 Å². The van der Waals surface area contributed by atoms with Crippen LogP contribution in [0.3, 0.4) is 0 Å². The summed E-state index contributed by atoms with van der Waals surface area (Å²) < 4.78 is 27.8. The highest BCUT2D eigenvalue weighted by Crippen LogP contribution is 2.47. The summed E-state index contributed by atoms with van der Waals surface area (Å²) in [6, 6.07) is 0. The summed E-state index contributed by atoms with van der Waals surface area (Å²) in [7, 11) is 1.16. The summed E-state index contributed by atoms with van der Waals surface area (Å²) in [5, 5.41) is 47.1. The molecule has 2 aliphatic rings. The molecule has 0 bridgehead atoms. The van der Waals surface area contributed by atoms with Gasteiger partial charge < -0.3 is 44.1 Å². The molecular formula is C49H80O15. The molecule has 64 heavy (non-hydrogen) atoms. The van der Waals surface area contributed by atoms with Crippen molar-refractivity contribution in [3.8, 4) is 0 Å². The van der Waals surface area contributed by atoms with Crippen LogP contribution in [-0.4, -0.2) is 124 Å². The first kappa shape index (κ1) is 56.8. The molecule has 0 unspecified atom stereocenters. The van der Waals surface area contributed by atoms with Crippen LogP contribution in [0.2, 0.25) is 0 Å². The molecule has 0 spiro atoms. The van der Waals surface area contributed by atoms with E-state index in [2.05, 4.69) is 6.92 Å². The van der Waals surface area contributed by atoms with Crippen LogP contribution < -0.4 is 0 Å².